The Hall–Kier alpha value is -9.25. The number of anilines is 6. The van der Waals surface area contributed by atoms with Crippen LogP contribution in [0.1, 0.15) is 86.3 Å². The van der Waals surface area contributed by atoms with Crippen molar-refractivity contribution in [1.82, 2.24) is 45.3 Å². The van der Waals surface area contributed by atoms with Crippen molar-refractivity contribution in [1.29, 1.82) is 0 Å². The minimum atomic E-state index is -4.91. The lowest BCUT2D eigenvalue weighted by Crippen LogP contribution is -2.47. The van der Waals surface area contributed by atoms with Crippen molar-refractivity contribution in [3.05, 3.63) is 174 Å². The molecule has 12 rings (SSSR count). The maximum Gasteiger partial charge on any atom is 0.475 e. The molecule has 122 heavy (non-hydrogen) atoms. The number of piperazine rings is 3. The van der Waals surface area contributed by atoms with E-state index in [4.69, 9.17) is 48.4 Å². The molecule has 6 heterocycles. The highest BCUT2D eigenvalue weighted by atomic mass is 35.5. The number of carbonyl (C=O) groups is 6. The van der Waals surface area contributed by atoms with Crippen LogP contribution in [0.25, 0.3) is 0 Å². The molecule has 6 aliphatic heterocycles. The fourth-order valence-electron chi connectivity index (χ4n) is 14.8. The number of phosphoric ester groups is 1. The van der Waals surface area contributed by atoms with Gasteiger partial charge in [0, 0.05) is 189 Å². The predicted octanol–water partition coefficient (Wildman–Crippen LogP) is 14.9. The van der Waals surface area contributed by atoms with Crippen molar-refractivity contribution in [3.63, 3.8) is 0 Å². The van der Waals surface area contributed by atoms with Gasteiger partial charge in [-0.1, -0.05) is 53.0 Å². The highest BCUT2D eigenvalue weighted by Gasteiger charge is 2.45. The number of carbonyl (C=O) groups excluding carboxylic acids is 6. The monoisotopic (exact) mass is 1810 g/mol. The zero-order valence-corrected chi connectivity index (χ0v) is 68.1. The lowest BCUT2D eigenvalue weighted by molar-refractivity contribution is -0.139. The molecule has 0 bridgehead atoms. The third-order valence-corrected chi connectivity index (χ3v) is 23.9. The zero-order chi connectivity index (χ0) is 87.7. The number of alkyl halides is 9. The summed E-state index contributed by atoms with van der Waals surface area (Å²) >= 11 is 18.9. The number of hydrogen-bond donors (Lipinski definition) is 6. The third-order valence-electron chi connectivity index (χ3n) is 21.5. The van der Waals surface area contributed by atoms with Crippen LogP contribution in [0.15, 0.2) is 91.0 Å². The highest BCUT2D eigenvalue weighted by Crippen LogP contribution is 2.55. The standard InChI is InChI=1S/C78H84Cl3F15N15O10P/c79-49-4-10-58(61(37-49)106-31-25-103(26-32-106)22-16-76(88,89)90)100-70(112)55-7-1-46(64(82)67(55)85)40-97-73(115)109-19-13-52(43-109)119-122(118,120-53-14-20-110(44-53)74(116)98-41-47-2-8-56(68(86)65(47)83)71(113)101-59-11-5-50(80)38-62(59)107-33-27-104(28-34-107)23-17-77(91,92)93)121-54-15-21-111(45-54)75(117)99-42-48-3-9-57(69(87)66(48)84)72(114)102-60-12-6-51(81)39-63(60)108-35-29-105(30-36-108)24-18-78(94,95)96/h1-12,37-39,52-54H,13-36,40-45H2,(H,97,115)(H,98,116)(H,99,117)(H,100,112)(H,101,113)(H,102,114)/t52-,53-,54-/m1/s1. The molecule has 6 saturated heterocycles. The van der Waals surface area contributed by atoms with Gasteiger partial charge in [-0.05, 0) is 92.1 Å². The van der Waals surface area contributed by atoms with E-state index in [-0.39, 0.29) is 206 Å². The molecule has 0 aliphatic carbocycles. The second-order valence-electron chi connectivity index (χ2n) is 29.9. The van der Waals surface area contributed by atoms with E-state index in [0.29, 0.717) is 17.1 Å². The van der Waals surface area contributed by atoms with E-state index in [0.717, 1.165) is 36.4 Å². The number of phosphoric acid groups is 1. The fraction of sp³-hybridized carbons (Fsp3) is 0.462. The Bertz CT molecular complexity index is 4410. The van der Waals surface area contributed by atoms with E-state index < -0.39 is 171 Å². The molecule has 44 heteroatoms. The van der Waals surface area contributed by atoms with Crippen molar-refractivity contribution in [2.45, 2.75) is 95.0 Å². The summed E-state index contributed by atoms with van der Waals surface area (Å²) in [6.45, 7) is -0.622. The molecule has 0 saturated carbocycles. The van der Waals surface area contributed by atoms with Gasteiger partial charge >= 0.3 is 44.4 Å². The molecule has 6 aliphatic rings. The molecule has 6 aromatic rings. The van der Waals surface area contributed by atoms with Crippen molar-refractivity contribution < 1.29 is 113 Å². The van der Waals surface area contributed by atoms with Crippen LogP contribution in [0.4, 0.5) is 114 Å². The molecular formula is C78H84Cl3F15N15O10P. The van der Waals surface area contributed by atoms with E-state index in [2.05, 4.69) is 31.9 Å². The van der Waals surface area contributed by atoms with Gasteiger partial charge < -0.3 is 61.3 Å². The number of urea groups is 3. The van der Waals surface area contributed by atoms with Gasteiger partial charge in [0.15, 0.2) is 34.9 Å². The van der Waals surface area contributed by atoms with Gasteiger partial charge in [0.05, 0.1) is 88.4 Å². The first-order chi connectivity index (χ1) is 57.8. The maximum absolute atomic E-state index is 15.9. The topological polar surface area (TPSA) is 249 Å². The van der Waals surface area contributed by atoms with Gasteiger partial charge in [-0.25, -0.2) is 45.3 Å². The van der Waals surface area contributed by atoms with Gasteiger partial charge in [-0.15, -0.1) is 0 Å². The molecule has 0 unspecified atom stereocenters. The van der Waals surface area contributed by atoms with Crippen LogP contribution in [0.5, 0.6) is 0 Å². The van der Waals surface area contributed by atoms with Crippen molar-refractivity contribution in [2.75, 3.05) is 168 Å². The predicted molar refractivity (Wildman–Crippen MR) is 423 cm³/mol. The van der Waals surface area contributed by atoms with Crippen LogP contribution in [-0.4, -0.2) is 239 Å². The van der Waals surface area contributed by atoms with Crippen molar-refractivity contribution in [3.8, 4) is 0 Å². The van der Waals surface area contributed by atoms with Crippen molar-refractivity contribution >= 4 is 113 Å². The molecule has 6 fully saturated rings. The summed E-state index contributed by atoms with van der Waals surface area (Å²) in [5.74, 6) is -12.3. The van der Waals surface area contributed by atoms with E-state index in [9.17, 15) is 68.3 Å². The number of nitrogens with one attached hydrogen (secondary N) is 6. The molecule has 0 aromatic heterocycles. The summed E-state index contributed by atoms with van der Waals surface area (Å²) in [5.41, 5.74) is -1.71. The number of hydrogen-bond acceptors (Lipinski definition) is 16. The Morgan fingerprint density at radius 3 is 0.861 bits per heavy atom. The van der Waals surface area contributed by atoms with Crippen LogP contribution in [0.3, 0.4) is 0 Å². The molecular weight excluding hydrogens is 1730 g/mol. The lowest BCUT2D eigenvalue weighted by atomic mass is 10.1. The van der Waals surface area contributed by atoms with E-state index in [1.807, 2.05) is 0 Å². The molecule has 6 aromatic carbocycles. The average Bonchev–Trinajstić information content (AvgIpc) is 1.47. The minimum absolute atomic E-state index is 0.0284. The Kier molecular flexibility index (Phi) is 29.9. The lowest BCUT2D eigenvalue weighted by Gasteiger charge is -2.37. The number of likely N-dealkylation sites (tertiary alicyclic amines) is 3. The van der Waals surface area contributed by atoms with Gasteiger partial charge in [-0.3, -0.25) is 42.7 Å². The summed E-state index contributed by atoms with van der Waals surface area (Å²) in [6.07, 6.45) is -19.5. The average molecular weight is 1810 g/mol. The summed E-state index contributed by atoms with van der Waals surface area (Å²) in [7, 11) is -4.91. The smallest absolute Gasteiger partial charge is 0.367 e. The first-order valence-electron chi connectivity index (χ1n) is 38.9. The Morgan fingerprint density at radius 1 is 0.361 bits per heavy atom. The summed E-state index contributed by atoms with van der Waals surface area (Å²) in [5, 5.41) is 15.9. The molecule has 3 atom stereocenters. The van der Waals surface area contributed by atoms with Crippen LogP contribution in [0.2, 0.25) is 15.1 Å². The number of amides is 9. The zero-order valence-electron chi connectivity index (χ0n) is 65.0. The van der Waals surface area contributed by atoms with E-state index in [1.54, 1.807) is 29.4 Å². The first kappa shape index (κ1) is 91.9. The van der Waals surface area contributed by atoms with Gasteiger partial charge in [0.2, 0.25) is 0 Å². The van der Waals surface area contributed by atoms with Gasteiger partial charge in [0.1, 0.15) is 0 Å². The number of rotatable bonds is 27. The quantitative estimate of drug-likeness (QED) is 0.0207. The Balaban J connectivity index is 0.665. The largest absolute Gasteiger partial charge is 0.475 e. The molecule has 9 amide bonds. The van der Waals surface area contributed by atoms with Crippen LogP contribution >= 0.6 is 42.6 Å². The molecule has 6 N–H and O–H groups in total. The molecule has 0 radical (unpaired) electrons. The summed E-state index contributed by atoms with van der Waals surface area (Å²) < 4.78 is 245. The van der Waals surface area contributed by atoms with E-state index in [1.165, 1.54) is 69.3 Å². The molecule has 0 spiro atoms. The Labute approximate surface area is 704 Å². The third kappa shape index (κ3) is 24.4. The van der Waals surface area contributed by atoms with Gasteiger partial charge in [0.25, 0.3) is 17.7 Å². The highest BCUT2D eigenvalue weighted by molar-refractivity contribution is 7.48. The normalized spacial score (nSPS) is 18.6. The van der Waals surface area contributed by atoms with Crippen LogP contribution in [-0.2, 0) is 37.8 Å². The van der Waals surface area contributed by atoms with E-state index >= 15 is 30.9 Å². The number of benzene rings is 6. The molecule has 662 valence electrons. The number of nitrogens with zero attached hydrogens (tertiary/aromatic N) is 9. The van der Waals surface area contributed by atoms with Gasteiger partial charge in [-0.2, -0.15) is 39.5 Å². The SMILES string of the molecule is O=C(Nc1ccc(Cl)cc1N1CCN(CCC(F)(F)F)CC1)c1ccc(CNC(=O)N2CC[C@@H](OP(=O)(O[C@@H]3CCN(C(=O)NCc4ccc(C(=O)Nc5ccc(Cl)cc5N5CCN(CCC(F)(F)F)CC5)c(F)c4F)C3)O[C@@H]3CCN(C(=O)NCc4ccc(C(=O)Nc5ccc(Cl)cc5N5CCN(CCC(F)(F)F)CC5)c(F)c4F)C3)C2)c(F)c1F. The second-order valence-corrected chi connectivity index (χ2v) is 32.8. The first-order valence-corrected chi connectivity index (χ1v) is 41.5. The summed E-state index contributed by atoms with van der Waals surface area (Å²) in [4.78, 5) is 95.8. The van der Waals surface area contributed by atoms with Crippen molar-refractivity contribution in [2.24, 2.45) is 0 Å². The fourth-order valence-corrected chi connectivity index (χ4v) is 17.1. The molecule has 25 nitrogen and oxygen atoms in total. The summed E-state index contributed by atoms with van der Waals surface area (Å²) in [6, 6.07) is 16.9. The second kappa shape index (κ2) is 39.7. The Morgan fingerprint density at radius 2 is 0.615 bits per heavy atom. The van der Waals surface area contributed by atoms with Crippen LogP contribution < -0.4 is 46.6 Å². The number of halogens is 18. The maximum atomic E-state index is 15.9. The van der Waals surface area contributed by atoms with Crippen LogP contribution in [0, 0.1) is 34.9 Å². The minimum Gasteiger partial charge on any atom is -0.367 e.